The van der Waals surface area contributed by atoms with Crippen LogP contribution in [0.1, 0.15) is 90.9 Å². The van der Waals surface area contributed by atoms with E-state index in [1.54, 1.807) is 0 Å². The van der Waals surface area contributed by atoms with E-state index in [0.29, 0.717) is 37.8 Å². The van der Waals surface area contributed by atoms with E-state index < -0.39 is 28.8 Å². The summed E-state index contributed by atoms with van der Waals surface area (Å²) in [4.78, 5) is 16.2. The molecule has 3 aliphatic carbocycles. The van der Waals surface area contributed by atoms with E-state index in [1.165, 1.54) is 17.2 Å². The molecule has 1 fully saturated rings. The molecule has 234 valence electrons. The van der Waals surface area contributed by atoms with Crippen LogP contribution in [0.15, 0.2) is 78.4 Å². The van der Waals surface area contributed by atoms with Gasteiger partial charge in [-0.25, -0.2) is 8.78 Å². The fourth-order valence-corrected chi connectivity index (χ4v) is 7.48. The fraction of sp³-hybridized carbons (Fsp3) is 0.447. The molecule has 6 rings (SSSR count). The molecule has 0 radical (unpaired) electrons. The van der Waals surface area contributed by atoms with E-state index in [-0.39, 0.29) is 17.3 Å². The molecule has 2 N–H and O–H groups in total. The third-order valence-corrected chi connectivity index (χ3v) is 10.3. The Morgan fingerprint density at radius 3 is 2.52 bits per heavy atom. The minimum Gasteiger partial charge on any atom is -0.393 e. The van der Waals surface area contributed by atoms with Gasteiger partial charge in [0.15, 0.2) is 17.4 Å². The van der Waals surface area contributed by atoms with Crippen molar-refractivity contribution in [1.29, 1.82) is 0 Å². The summed E-state index contributed by atoms with van der Waals surface area (Å²) in [6.07, 6.45) is 7.10. The molecule has 4 nitrogen and oxygen atoms in total. The molecule has 0 spiro atoms. The summed E-state index contributed by atoms with van der Waals surface area (Å²) in [7, 11) is 2.06. The molecule has 0 unspecified atom stereocenters. The maximum atomic E-state index is 14.2. The summed E-state index contributed by atoms with van der Waals surface area (Å²) >= 11 is 0. The van der Waals surface area contributed by atoms with Gasteiger partial charge in [0.25, 0.3) is 0 Å². The second-order valence-electron chi connectivity index (χ2n) is 13.4. The predicted molar refractivity (Wildman–Crippen MR) is 171 cm³/mol. The summed E-state index contributed by atoms with van der Waals surface area (Å²) in [6.45, 7) is 5.58. The monoisotopic (exact) mass is 601 g/mol. The first kappa shape index (κ1) is 32.2. The van der Waals surface area contributed by atoms with Crippen LogP contribution in [0.3, 0.4) is 0 Å². The molecule has 0 saturated heterocycles. The molecule has 3 aliphatic rings. The van der Waals surface area contributed by atoms with E-state index >= 15 is 0 Å². The van der Waals surface area contributed by atoms with E-state index in [1.807, 2.05) is 36.4 Å². The lowest BCUT2D eigenvalue weighted by molar-refractivity contribution is -0.0798. The highest BCUT2D eigenvalue weighted by molar-refractivity contribution is 6.10. The van der Waals surface area contributed by atoms with Crippen LogP contribution in [-0.2, 0) is 12.8 Å². The van der Waals surface area contributed by atoms with E-state index in [9.17, 15) is 23.8 Å². The Labute approximate surface area is 260 Å². The zero-order valence-corrected chi connectivity index (χ0v) is 26.2. The highest BCUT2D eigenvalue weighted by Gasteiger charge is 2.57. The summed E-state index contributed by atoms with van der Waals surface area (Å²) < 4.78 is 28.0. The van der Waals surface area contributed by atoms with Gasteiger partial charge in [0.1, 0.15) is 0 Å². The number of rotatable bonds is 7. The van der Waals surface area contributed by atoms with Crippen LogP contribution < -0.4 is 0 Å². The number of benzene rings is 3. The molecule has 0 heterocycles. The Hall–Kier alpha value is -3.19. The zero-order chi connectivity index (χ0) is 31.5. The van der Waals surface area contributed by atoms with Crippen LogP contribution in [0, 0.1) is 17.0 Å². The summed E-state index contributed by atoms with van der Waals surface area (Å²) in [5.41, 5.74) is 3.08. The van der Waals surface area contributed by atoms with Crippen LogP contribution in [0.25, 0.3) is 0 Å². The largest absolute Gasteiger partial charge is 0.393 e. The number of nitrogens with zero attached hydrogens (tertiary/aromatic N) is 1. The van der Waals surface area contributed by atoms with Crippen LogP contribution in [-0.4, -0.2) is 52.7 Å². The molecule has 0 aliphatic heterocycles. The van der Waals surface area contributed by atoms with Crippen molar-refractivity contribution in [3.63, 3.8) is 0 Å². The number of allylic oxidation sites excluding steroid dienone is 2. The zero-order valence-electron chi connectivity index (χ0n) is 26.2. The van der Waals surface area contributed by atoms with Gasteiger partial charge in [-0.15, -0.1) is 0 Å². The lowest BCUT2D eigenvalue weighted by Gasteiger charge is -2.45. The summed E-state index contributed by atoms with van der Waals surface area (Å²) in [5.74, 6) is -2.57. The van der Waals surface area contributed by atoms with Gasteiger partial charge in [-0.1, -0.05) is 61.0 Å². The standard InChI is InChI=1S/C38H45F2NO3/c1-26-8-7-19-37(2)33(17-20-38(37,44)25-41(3)21-18-27-9-5-4-6-10-27)31-15-12-28(22-30(42)14-11-26)23-32(31)36(43)29-13-16-34(39)35(40)24-29/h4-6,8-10,12-13,15-16,23-24,30,33,42,44H,7,11,14,17-22,25H2,1-3H3/t30-,33-,37-,38+/m0/s1. The number of carbonyl (C=O) groups is 1. The Balaban J connectivity index is 1.53. The van der Waals surface area contributed by atoms with Crippen molar-refractivity contribution in [2.75, 3.05) is 20.1 Å². The van der Waals surface area contributed by atoms with Crippen LogP contribution in [0.4, 0.5) is 8.78 Å². The summed E-state index contributed by atoms with van der Waals surface area (Å²) in [6, 6.07) is 19.4. The maximum Gasteiger partial charge on any atom is 0.193 e. The molecule has 3 aromatic rings. The Morgan fingerprint density at radius 2 is 1.77 bits per heavy atom. The second-order valence-corrected chi connectivity index (χ2v) is 13.4. The topological polar surface area (TPSA) is 60.8 Å². The number of fused-ring (bicyclic) bond motifs is 8. The van der Waals surface area contributed by atoms with Crippen molar-refractivity contribution in [3.8, 4) is 0 Å². The second kappa shape index (κ2) is 13.4. The van der Waals surface area contributed by atoms with E-state index in [4.69, 9.17) is 0 Å². The number of hydrogen-bond acceptors (Lipinski definition) is 4. The average molecular weight is 602 g/mol. The van der Waals surface area contributed by atoms with Gasteiger partial charge in [0.05, 0.1) is 11.7 Å². The molecule has 1 saturated carbocycles. The number of hydrogen-bond donors (Lipinski definition) is 2. The van der Waals surface area contributed by atoms with Crippen molar-refractivity contribution >= 4 is 5.78 Å². The molecular formula is C38H45F2NO3. The van der Waals surface area contributed by atoms with Gasteiger partial charge < -0.3 is 15.1 Å². The van der Waals surface area contributed by atoms with Crippen LogP contribution in [0.2, 0.25) is 0 Å². The smallest absolute Gasteiger partial charge is 0.193 e. The van der Waals surface area contributed by atoms with Crippen molar-refractivity contribution in [2.45, 2.75) is 82.8 Å². The van der Waals surface area contributed by atoms with Crippen LogP contribution >= 0.6 is 0 Å². The number of aliphatic hydroxyl groups excluding tert-OH is 1. The molecular weight excluding hydrogens is 556 g/mol. The third-order valence-electron chi connectivity index (χ3n) is 10.3. The van der Waals surface area contributed by atoms with Crippen molar-refractivity contribution in [1.82, 2.24) is 4.90 Å². The SMILES string of the molecule is CC1=CCC[C@@]2(C)[C@@H](CC[C@@]2(O)CN(C)CCc2ccccc2)c2ccc(cc2C(=O)c2ccc(F)c(F)c2)C[C@@H](O)CC1. The van der Waals surface area contributed by atoms with Crippen molar-refractivity contribution in [2.24, 2.45) is 5.41 Å². The predicted octanol–water partition coefficient (Wildman–Crippen LogP) is 7.41. The number of carbonyl (C=O) groups excluding carboxylic acids is 1. The first-order valence-electron chi connectivity index (χ1n) is 15.9. The normalized spacial score (nSPS) is 25.9. The molecule has 0 amide bonds. The van der Waals surface area contributed by atoms with Crippen molar-refractivity contribution in [3.05, 3.63) is 118 Å². The first-order valence-corrected chi connectivity index (χ1v) is 15.9. The maximum absolute atomic E-state index is 14.2. The number of ketones is 1. The minimum atomic E-state index is -1.06. The molecule has 2 bridgehead atoms. The average Bonchev–Trinajstić information content (AvgIpc) is 3.25. The molecule has 6 heteroatoms. The van der Waals surface area contributed by atoms with Crippen LogP contribution in [0.5, 0.6) is 0 Å². The molecule has 0 aromatic heterocycles. The molecule has 44 heavy (non-hydrogen) atoms. The lowest BCUT2D eigenvalue weighted by Crippen LogP contribution is -2.52. The van der Waals surface area contributed by atoms with Gasteiger partial charge >= 0.3 is 0 Å². The molecule has 3 aromatic carbocycles. The Morgan fingerprint density at radius 1 is 1.00 bits per heavy atom. The quantitative estimate of drug-likeness (QED) is 0.219. The lowest BCUT2D eigenvalue weighted by atomic mass is 9.64. The first-order chi connectivity index (χ1) is 21.0. The van der Waals surface area contributed by atoms with Gasteiger partial charge in [0, 0.05) is 29.6 Å². The van der Waals surface area contributed by atoms with Crippen molar-refractivity contribution < 1.29 is 23.8 Å². The van der Waals surface area contributed by atoms with Gasteiger partial charge in [-0.3, -0.25) is 4.79 Å². The highest BCUT2D eigenvalue weighted by atomic mass is 19.2. The van der Waals surface area contributed by atoms with E-state index in [2.05, 4.69) is 44.0 Å². The van der Waals surface area contributed by atoms with Gasteiger partial charge in [-0.2, -0.15) is 0 Å². The highest BCUT2D eigenvalue weighted by Crippen LogP contribution is 2.58. The number of likely N-dealkylation sites (N-methyl/N-ethyl adjacent to an activating group) is 1. The summed E-state index contributed by atoms with van der Waals surface area (Å²) in [5, 5.41) is 23.3. The van der Waals surface area contributed by atoms with Gasteiger partial charge in [0.2, 0.25) is 0 Å². The Bertz CT molecular complexity index is 1510. The van der Waals surface area contributed by atoms with Gasteiger partial charge in [-0.05, 0) is 112 Å². The molecule has 4 atom stereocenters. The minimum absolute atomic E-state index is 0.0816. The fourth-order valence-electron chi connectivity index (χ4n) is 7.48. The Kier molecular flexibility index (Phi) is 9.83. The number of aliphatic hydroxyl groups is 2. The van der Waals surface area contributed by atoms with E-state index in [0.717, 1.165) is 55.5 Å². The number of halogens is 2. The third kappa shape index (κ3) is 6.88.